The Balaban J connectivity index is 2.33. The Morgan fingerprint density at radius 1 is 1.44 bits per heavy atom. The van der Waals surface area contributed by atoms with Crippen molar-refractivity contribution in [1.82, 2.24) is 0 Å². The number of hydrogen-bond donors (Lipinski definition) is 0. The molecule has 9 heavy (non-hydrogen) atoms. The molecule has 1 fully saturated rings. The summed E-state index contributed by atoms with van der Waals surface area (Å²) in [6, 6.07) is 0. The van der Waals surface area contributed by atoms with E-state index in [9.17, 15) is 12.3 Å². The van der Waals surface area contributed by atoms with Gasteiger partial charge in [0.25, 0.3) is 0 Å². The maximum absolute atomic E-state index is 11.6. The summed E-state index contributed by atoms with van der Waals surface area (Å²) in [4.78, 5) is 0. The molecule has 54 valence electrons. The van der Waals surface area contributed by atoms with Crippen LogP contribution in [-0.4, -0.2) is 14.5 Å². The van der Waals surface area contributed by atoms with Gasteiger partial charge in [0, 0.05) is 0 Å². The first-order valence-corrected chi connectivity index (χ1v) is 4.02. The lowest BCUT2D eigenvalue weighted by atomic mass is 9.97. The molecule has 1 saturated carbocycles. The fraction of sp³-hybridized carbons (Fsp3) is 1.00. The van der Waals surface area contributed by atoms with Gasteiger partial charge in [-0.15, -0.1) is 0 Å². The van der Waals surface area contributed by atoms with Crippen molar-refractivity contribution >= 4 is 10.5 Å². The highest BCUT2D eigenvalue weighted by Gasteiger charge is 2.24. The first kappa shape index (κ1) is 6.95. The summed E-state index contributed by atoms with van der Waals surface area (Å²) >= 11 is 0. The molecule has 1 rings (SSSR count). The monoisotopic (exact) mass is 154 g/mol. The van der Waals surface area contributed by atoms with E-state index in [0.29, 0.717) is 12.8 Å². The minimum atomic E-state index is -4.68. The Morgan fingerprint density at radius 2 is 2.00 bits per heavy atom. The van der Waals surface area contributed by atoms with Crippen molar-refractivity contribution in [3.05, 3.63) is 0 Å². The van der Waals surface area contributed by atoms with Gasteiger partial charge in [0.2, 0.25) is 0 Å². The van der Waals surface area contributed by atoms with Crippen LogP contribution in [0, 0.1) is 0 Å². The third kappa shape index (κ3) is 2.28. The highest BCUT2D eigenvalue weighted by molar-refractivity contribution is 7.81. The normalized spacial score (nSPS) is 21.4. The summed E-state index contributed by atoms with van der Waals surface area (Å²) in [5, 5.41) is 0. The van der Waals surface area contributed by atoms with Gasteiger partial charge in [-0.3, -0.25) is 0 Å². The second-order valence-corrected chi connectivity index (χ2v) is 3.02. The van der Waals surface area contributed by atoms with Gasteiger partial charge in [0.05, 0.1) is 6.10 Å². The van der Waals surface area contributed by atoms with E-state index in [2.05, 4.69) is 4.18 Å². The summed E-state index contributed by atoms with van der Waals surface area (Å²) in [7, 11) is -4.68. The summed E-state index contributed by atoms with van der Waals surface area (Å²) in [5.41, 5.74) is 0. The van der Waals surface area contributed by atoms with E-state index in [-0.39, 0.29) is 6.10 Å². The first-order chi connectivity index (χ1) is 4.08. The van der Waals surface area contributed by atoms with E-state index >= 15 is 0 Å². The lowest BCUT2D eigenvalue weighted by Crippen LogP contribution is -2.23. The van der Waals surface area contributed by atoms with Crippen molar-refractivity contribution in [2.45, 2.75) is 25.4 Å². The second kappa shape index (κ2) is 2.22. The number of hydrogen-bond acceptors (Lipinski definition) is 3. The highest BCUT2D eigenvalue weighted by Crippen LogP contribution is 2.23. The Kier molecular flexibility index (Phi) is 1.72. The van der Waals surface area contributed by atoms with Gasteiger partial charge in [0.15, 0.2) is 0 Å². The average molecular weight is 154 g/mol. The number of halogens is 1. The van der Waals surface area contributed by atoms with Crippen LogP contribution in [0.1, 0.15) is 19.3 Å². The van der Waals surface area contributed by atoms with Crippen LogP contribution in [0.3, 0.4) is 0 Å². The fourth-order valence-corrected chi connectivity index (χ4v) is 1.15. The summed E-state index contributed by atoms with van der Waals surface area (Å²) in [6.45, 7) is 0. The van der Waals surface area contributed by atoms with Gasteiger partial charge >= 0.3 is 10.5 Å². The predicted octanol–water partition coefficient (Wildman–Crippen LogP) is 0.770. The van der Waals surface area contributed by atoms with Gasteiger partial charge in [-0.2, -0.15) is 8.42 Å². The molecule has 1 aliphatic carbocycles. The maximum atomic E-state index is 11.6. The van der Waals surface area contributed by atoms with Gasteiger partial charge in [-0.25, -0.2) is 4.18 Å². The molecule has 0 spiro atoms. The van der Waals surface area contributed by atoms with Crippen LogP contribution in [0.15, 0.2) is 0 Å². The van der Waals surface area contributed by atoms with E-state index in [1.54, 1.807) is 0 Å². The van der Waals surface area contributed by atoms with E-state index in [0.717, 1.165) is 6.42 Å². The van der Waals surface area contributed by atoms with Crippen molar-refractivity contribution < 1.29 is 16.5 Å². The largest absolute Gasteiger partial charge is 0.437 e. The molecule has 0 unspecified atom stereocenters. The predicted molar refractivity (Wildman–Crippen MR) is 28.8 cm³/mol. The Morgan fingerprint density at radius 3 is 2.11 bits per heavy atom. The van der Waals surface area contributed by atoms with Gasteiger partial charge in [0.1, 0.15) is 0 Å². The zero-order chi connectivity index (χ0) is 6.91. The minimum Gasteiger partial charge on any atom is -0.241 e. The van der Waals surface area contributed by atoms with Crippen molar-refractivity contribution in [2.75, 3.05) is 0 Å². The first-order valence-electron chi connectivity index (χ1n) is 2.71. The maximum Gasteiger partial charge on any atom is 0.437 e. The molecule has 0 bridgehead atoms. The third-order valence-electron chi connectivity index (χ3n) is 1.30. The molecular formula is C4H7FO3S. The minimum absolute atomic E-state index is 0.389. The molecule has 0 atom stereocenters. The third-order valence-corrected chi connectivity index (χ3v) is 1.81. The van der Waals surface area contributed by atoms with E-state index < -0.39 is 10.5 Å². The molecule has 0 aromatic carbocycles. The van der Waals surface area contributed by atoms with Gasteiger partial charge in [-0.1, -0.05) is 3.89 Å². The molecule has 0 N–H and O–H groups in total. The molecule has 0 amide bonds. The summed E-state index contributed by atoms with van der Waals surface area (Å²) in [5.74, 6) is 0. The SMILES string of the molecule is O=S(=O)(F)OC1CCC1. The molecule has 0 radical (unpaired) electrons. The summed E-state index contributed by atoms with van der Waals surface area (Å²) in [6.07, 6.45) is 1.85. The molecule has 0 aromatic heterocycles. The van der Waals surface area contributed by atoms with Crippen LogP contribution < -0.4 is 0 Å². The van der Waals surface area contributed by atoms with Gasteiger partial charge < -0.3 is 0 Å². The lowest BCUT2D eigenvalue weighted by Gasteiger charge is -2.22. The van der Waals surface area contributed by atoms with Crippen LogP contribution >= 0.6 is 0 Å². The molecule has 5 heteroatoms. The molecule has 0 aromatic rings. The molecule has 1 aliphatic rings. The molecule has 0 saturated heterocycles. The van der Waals surface area contributed by atoms with Crippen LogP contribution in [0.4, 0.5) is 3.89 Å². The molecule has 0 heterocycles. The fourth-order valence-electron chi connectivity index (χ4n) is 0.630. The van der Waals surface area contributed by atoms with E-state index in [1.807, 2.05) is 0 Å². The average Bonchev–Trinajstić information content (AvgIpc) is 1.53. The lowest BCUT2D eigenvalue weighted by molar-refractivity contribution is 0.118. The van der Waals surface area contributed by atoms with Crippen LogP contribution in [0.2, 0.25) is 0 Å². The smallest absolute Gasteiger partial charge is 0.241 e. The zero-order valence-electron chi connectivity index (χ0n) is 4.71. The number of rotatable bonds is 2. The standard InChI is InChI=1S/C4H7FO3S/c5-9(6,7)8-4-2-1-3-4/h4H,1-3H2. The van der Waals surface area contributed by atoms with E-state index in [1.165, 1.54) is 0 Å². The summed E-state index contributed by atoms with van der Waals surface area (Å²) < 4.78 is 35.1. The quantitative estimate of drug-likeness (QED) is 0.552. The second-order valence-electron chi connectivity index (χ2n) is 2.04. The van der Waals surface area contributed by atoms with Crippen LogP contribution in [-0.2, 0) is 14.7 Å². The van der Waals surface area contributed by atoms with Crippen molar-refractivity contribution in [1.29, 1.82) is 0 Å². The Hall–Kier alpha value is -0.160. The van der Waals surface area contributed by atoms with Crippen molar-refractivity contribution in [3.8, 4) is 0 Å². The topological polar surface area (TPSA) is 43.4 Å². The zero-order valence-corrected chi connectivity index (χ0v) is 5.53. The molecule has 3 nitrogen and oxygen atoms in total. The van der Waals surface area contributed by atoms with E-state index in [4.69, 9.17) is 0 Å². The van der Waals surface area contributed by atoms with Crippen LogP contribution in [0.25, 0.3) is 0 Å². The molecule has 0 aliphatic heterocycles. The highest BCUT2D eigenvalue weighted by atomic mass is 32.3. The van der Waals surface area contributed by atoms with Crippen LogP contribution in [0.5, 0.6) is 0 Å². The van der Waals surface area contributed by atoms with Crippen molar-refractivity contribution in [3.63, 3.8) is 0 Å². The molecular weight excluding hydrogens is 147 g/mol. The van der Waals surface area contributed by atoms with Crippen molar-refractivity contribution in [2.24, 2.45) is 0 Å². The van der Waals surface area contributed by atoms with Gasteiger partial charge in [-0.05, 0) is 19.3 Å². The Labute approximate surface area is 53.2 Å². The Bertz CT molecular complexity index is 182.